The van der Waals surface area contributed by atoms with E-state index in [2.05, 4.69) is 15.3 Å². The summed E-state index contributed by atoms with van der Waals surface area (Å²) in [5.74, 6) is 2.69. The molecule has 8 heteroatoms. The number of thioether (sulfide) groups is 1. The Labute approximate surface area is 162 Å². The van der Waals surface area contributed by atoms with E-state index < -0.39 is 0 Å². The number of para-hydroxylation sites is 1. The lowest BCUT2D eigenvalue weighted by atomic mass is 10.2. The van der Waals surface area contributed by atoms with Gasteiger partial charge in [0.15, 0.2) is 17.3 Å². The van der Waals surface area contributed by atoms with Crippen LogP contribution in [0.2, 0.25) is 0 Å². The Morgan fingerprint density at radius 2 is 1.81 bits per heavy atom. The quantitative estimate of drug-likeness (QED) is 0.437. The van der Waals surface area contributed by atoms with Crippen molar-refractivity contribution in [3.63, 3.8) is 0 Å². The lowest BCUT2D eigenvalue weighted by Crippen LogP contribution is -2.05. The number of rotatable bonds is 8. The summed E-state index contributed by atoms with van der Waals surface area (Å²) in [6.45, 7) is 0.265. The van der Waals surface area contributed by atoms with Gasteiger partial charge >= 0.3 is 0 Å². The molecule has 0 fully saturated rings. The van der Waals surface area contributed by atoms with Crippen molar-refractivity contribution in [2.75, 3.05) is 20.5 Å². The van der Waals surface area contributed by atoms with Crippen LogP contribution in [0, 0.1) is 0 Å². The van der Waals surface area contributed by atoms with Crippen molar-refractivity contribution < 1.29 is 14.2 Å². The van der Waals surface area contributed by atoms with Gasteiger partial charge in [-0.05, 0) is 42.2 Å². The van der Waals surface area contributed by atoms with Gasteiger partial charge in [0, 0.05) is 0 Å². The Kier molecular flexibility index (Phi) is 6.32. The topological polar surface area (TPSA) is 70.8 Å². The van der Waals surface area contributed by atoms with E-state index in [0.717, 1.165) is 11.3 Å². The van der Waals surface area contributed by atoms with Crippen LogP contribution in [0.4, 0.5) is 0 Å². The highest BCUT2D eigenvalue weighted by Crippen LogP contribution is 2.27. The average molecular weight is 384 g/mol. The van der Waals surface area contributed by atoms with Crippen molar-refractivity contribution in [3.05, 3.63) is 59.9 Å². The van der Waals surface area contributed by atoms with E-state index in [0.29, 0.717) is 22.5 Å². The first-order valence-corrected chi connectivity index (χ1v) is 9.40. The molecule has 0 bridgehead atoms. The molecule has 0 aliphatic heterocycles. The van der Waals surface area contributed by atoms with Crippen LogP contribution in [0.3, 0.4) is 0 Å². The van der Waals surface area contributed by atoms with E-state index in [1.54, 1.807) is 25.1 Å². The molecule has 0 N–H and O–H groups in total. The Hall–Kier alpha value is -3.00. The minimum atomic E-state index is 0.265. The largest absolute Gasteiger partial charge is 0.493 e. The molecule has 0 unspecified atom stereocenters. The summed E-state index contributed by atoms with van der Waals surface area (Å²) in [6, 6.07) is 15.1. The van der Waals surface area contributed by atoms with Crippen LogP contribution in [-0.4, -0.2) is 41.6 Å². The monoisotopic (exact) mass is 384 g/mol. The van der Waals surface area contributed by atoms with Crippen molar-refractivity contribution in [1.82, 2.24) is 14.9 Å². The first-order valence-electron chi connectivity index (χ1n) is 8.17. The fraction of sp³-hybridized carbons (Fsp3) is 0.211. The molecule has 2 aromatic carbocycles. The van der Waals surface area contributed by atoms with Crippen LogP contribution in [0.15, 0.2) is 58.8 Å². The average Bonchev–Trinajstić information content (AvgIpc) is 3.13. The molecule has 140 valence electrons. The summed E-state index contributed by atoms with van der Waals surface area (Å²) in [5.41, 5.74) is 0.864. The zero-order valence-corrected chi connectivity index (χ0v) is 16.1. The predicted octanol–water partition coefficient (Wildman–Crippen LogP) is 3.48. The molecule has 0 saturated heterocycles. The number of hydrogen-bond donors (Lipinski definition) is 0. The van der Waals surface area contributed by atoms with E-state index in [-0.39, 0.29) is 6.61 Å². The molecule has 0 spiro atoms. The van der Waals surface area contributed by atoms with Crippen LogP contribution >= 0.6 is 11.8 Å². The van der Waals surface area contributed by atoms with E-state index in [9.17, 15) is 0 Å². The van der Waals surface area contributed by atoms with Crippen LogP contribution in [0.5, 0.6) is 17.2 Å². The third kappa shape index (κ3) is 4.59. The van der Waals surface area contributed by atoms with Crippen LogP contribution < -0.4 is 14.2 Å². The second-order valence-corrected chi connectivity index (χ2v) is 6.15. The second kappa shape index (κ2) is 9.09. The van der Waals surface area contributed by atoms with Gasteiger partial charge in [0.1, 0.15) is 12.4 Å². The maximum Gasteiger partial charge on any atom is 0.211 e. The van der Waals surface area contributed by atoms with Gasteiger partial charge in [0.05, 0.1) is 20.4 Å². The highest BCUT2D eigenvalue weighted by atomic mass is 32.2. The molecule has 3 rings (SSSR count). The van der Waals surface area contributed by atoms with E-state index in [4.69, 9.17) is 14.2 Å². The number of nitrogens with zero attached hydrogens (tertiary/aromatic N) is 4. The van der Waals surface area contributed by atoms with Gasteiger partial charge in [0.2, 0.25) is 5.16 Å². The van der Waals surface area contributed by atoms with Crippen LogP contribution in [-0.2, 0) is 6.61 Å². The molecule has 0 amide bonds. The molecule has 1 aromatic heterocycles. The molecule has 0 atom stereocenters. The standard InChI is InChI=1S/C19H20N4O3S/c1-24-16-10-9-14(11-17(16)25-2)12-20-23-18(21-22-19(23)27-3)13-26-15-7-5-4-6-8-15/h4-12H,13H2,1-3H3/b20-12-. The summed E-state index contributed by atoms with van der Waals surface area (Å²) in [6.07, 6.45) is 3.64. The van der Waals surface area contributed by atoms with Gasteiger partial charge in [0.25, 0.3) is 0 Å². The van der Waals surface area contributed by atoms with Crippen LogP contribution in [0.25, 0.3) is 0 Å². The number of benzene rings is 2. The van der Waals surface area contributed by atoms with Gasteiger partial charge in [-0.25, -0.2) is 0 Å². The summed E-state index contributed by atoms with van der Waals surface area (Å²) < 4.78 is 18.0. The molecule has 0 aliphatic rings. The lowest BCUT2D eigenvalue weighted by Gasteiger charge is -2.08. The molecule has 7 nitrogen and oxygen atoms in total. The third-order valence-electron chi connectivity index (χ3n) is 3.70. The maximum absolute atomic E-state index is 5.77. The van der Waals surface area contributed by atoms with E-state index in [1.165, 1.54) is 11.8 Å². The fourth-order valence-corrected chi connectivity index (χ4v) is 2.80. The number of methoxy groups -OCH3 is 2. The molecule has 1 heterocycles. The minimum Gasteiger partial charge on any atom is -0.493 e. The summed E-state index contributed by atoms with van der Waals surface area (Å²) >= 11 is 1.46. The normalized spacial score (nSPS) is 10.9. The van der Waals surface area contributed by atoms with Crippen molar-refractivity contribution >= 4 is 18.0 Å². The van der Waals surface area contributed by atoms with Gasteiger partial charge in [-0.15, -0.1) is 10.2 Å². The lowest BCUT2D eigenvalue weighted by molar-refractivity contribution is 0.290. The summed E-state index contributed by atoms with van der Waals surface area (Å²) in [5, 5.41) is 13.5. The van der Waals surface area contributed by atoms with Crippen molar-refractivity contribution in [2.45, 2.75) is 11.8 Å². The third-order valence-corrected chi connectivity index (χ3v) is 4.32. The number of aromatic nitrogens is 3. The second-order valence-electron chi connectivity index (χ2n) is 5.38. The smallest absolute Gasteiger partial charge is 0.211 e. The van der Waals surface area contributed by atoms with Crippen molar-refractivity contribution in [3.8, 4) is 17.2 Å². The highest BCUT2D eigenvalue weighted by molar-refractivity contribution is 7.98. The molecule has 0 radical (unpaired) electrons. The highest BCUT2D eigenvalue weighted by Gasteiger charge is 2.11. The Morgan fingerprint density at radius 1 is 1.04 bits per heavy atom. The molecule has 0 saturated carbocycles. The van der Waals surface area contributed by atoms with E-state index >= 15 is 0 Å². The number of ether oxygens (including phenoxy) is 3. The summed E-state index contributed by atoms with van der Waals surface area (Å²) in [7, 11) is 3.20. The first-order chi connectivity index (χ1) is 13.2. The Bertz CT molecular complexity index is 913. The molecule has 27 heavy (non-hydrogen) atoms. The first kappa shape index (κ1) is 18.8. The summed E-state index contributed by atoms with van der Waals surface area (Å²) in [4.78, 5) is 0. The Balaban J connectivity index is 1.81. The molecular formula is C19H20N4O3S. The van der Waals surface area contributed by atoms with E-state index in [1.807, 2.05) is 54.8 Å². The van der Waals surface area contributed by atoms with Crippen molar-refractivity contribution in [2.24, 2.45) is 5.10 Å². The molecular weight excluding hydrogens is 364 g/mol. The van der Waals surface area contributed by atoms with Crippen LogP contribution in [0.1, 0.15) is 11.4 Å². The fourth-order valence-electron chi connectivity index (χ4n) is 2.35. The molecule has 3 aromatic rings. The van der Waals surface area contributed by atoms with Gasteiger partial charge in [-0.2, -0.15) is 9.78 Å². The van der Waals surface area contributed by atoms with Crippen molar-refractivity contribution in [1.29, 1.82) is 0 Å². The maximum atomic E-state index is 5.77. The SMILES string of the molecule is COc1ccc(/C=N\n2c(COc3ccccc3)nnc2SC)cc1OC. The van der Waals surface area contributed by atoms with Gasteiger partial charge < -0.3 is 14.2 Å². The van der Waals surface area contributed by atoms with Gasteiger partial charge in [-0.1, -0.05) is 30.0 Å². The molecule has 0 aliphatic carbocycles. The Morgan fingerprint density at radius 3 is 2.52 bits per heavy atom. The minimum absolute atomic E-state index is 0.265. The zero-order chi connectivity index (χ0) is 19.1. The predicted molar refractivity (Wildman–Crippen MR) is 105 cm³/mol. The zero-order valence-electron chi connectivity index (χ0n) is 15.3. The van der Waals surface area contributed by atoms with Gasteiger partial charge in [-0.3, -0.25) is 0 Å². The number of hydrogen-bond acceptors (Lipinski definition) is 7.